The third-order valence-electron chi connectivity index (χ3n) is 3.22. The van der Waals surface area contributed by atoms with Crippen molar-refractivity contribution in [1.29, 1.82) is 0 Å². The van der Waals surface area contributed by atoms with E-state index in [1.54, 1.807) is 0 Å². The zero-order valence-corrected chi connectivity index (χ0v) is 12.6. The van der Waals surface area contributed by atoms with Crippen LogP contribution in [0, 0.1) is 6.92 Å². The van der Waals surface area contributed by atoms with Crippen molar-refractivity contribution in [3.8, 4) is 0 Å². The lowest BCUT2D eigenvalue weighted by Gasteiger charge is -2.17. The number of thioether (sulfide) groups is 1. The van der Waals surface area contributed by atoms with Gasteiger partial charge in [-0.15, -0.1) is 11.8 Å². The van der Waals surface area contributed by atoms with Gasteiger partial charge in [0.2, 0.25) is 0 Å². The first kappa shape index (κ1) is 14.2. The molecular weight excluding hydrogens is 250 g/mol. The number of rotatable bonds is 5. The second kappa shape index (κ2) is 6.78. The van der Waals surface area contributed by atoms with E-state index in [1.807, 2.05) is 18.8 Å². The molecule has 0 aliphatic carbocycles. The maximum Gasteiger partial charge on any atom is 0.0574 e. The Hall–Kier alpha value is -1.25. The zero-order chi connectivity index (χ0) is 13.7. The van der Waals surface area contributed by atoms with Crippen LogP contribution in [0.5, 0.6) is 0 Å². The monoisotopic (exact) mass is 271 g/mol. The molecule has 0 saturated carbocycles. The summed E-state index contributed by atoms with van der Waals surface area (Å²) in [5.74, 6) is 1.12. The first-order valence-electron chi connectivity index (χ1n) is 6.71. The fourth-order valence-corrected chi connectivity index (χ4v) is 2.87. The van der Waals surface area contributed by atoms with Crippen LogP contribution in [0.25, 0.3) is 0 Å². The maximum absolute atomic E-state index is 3.40. The largest absolute Gasteiger partial charge is 0.309 e. The maximum atomic E-state index is 3.40. The van der Waals surface area contributed by atoms with E-state index in [0.29, 0.717) is 0 Å². The van der Waals surface area contributed by atoms with Gasteiger partial charge in [-0.2, -0.15) is 0 Å². The van der Waals surface area contributed by atoms with E-state index in [2.05, 4.69) is 67.7 Å². The van der Waals surface area contributed by atoms with Gasteiger partial charge in [0.25, 0.3) is 0 Å². The summed E-state index contributed by atoms with van der Waals surface area (Å²) in [4.78, 5) is 1.34. The van der Waals surface area contributed by atoms with E-state index in [9.17, 15) is 0 Å². The topological polar surface area (TPSA) is 12.0 Å². The van der Waals surface area contributed by atoms with Crippen molar-refractivity contribution in [2.45, 2.75) is 24.8 Å². The van der Waals surface area contributed by atoms with Crippen LogP contribution in [0.4, 0.5) is 0 Å². The van der Waals surface area contributed by atoms with Gasteiger partial charge < -0.3 is 5.32 Å². The van der Waals surface area contributed by atoms with Crippen molar-refractivity contribution in [3.63, 3.8) is 0 Å². The van der Waals surface area contributed by atoms with Crippen molar-refractivity contribution in [2.24, 2.45) is 0 Å². The van der Waals surface area contributed by atoms with Gasteiger partial charge in [0, 0.05) is 4.90 Å². The Bertz CT molecular complexity index is 502. The highest BCUT2D eigenvalue weighted by Gasteiger charge is 2.11. The molecule has 1 atom stereocenters. The van der Waals surface area contributed by atoms with Gasteiger partial charge >= 0.3 is 0 Å². The first-order chi connectivity index (χ1) is 9.24. The smallest absolute Gasteiger partial charge is 0.0574 e. The van der Waals surface area contributed by atoms with Crippen LogP contribution in [0.3, 0.4) is 0 Å². The van der Waals surface area contributed by atoms with Gasteiger partial charge in [-0.3, -0.25) is 0 Å². The molecule has 1 N–H and O–H groups in total. The quantitative estimate of drug-likeness (QED) is 0.808. The lowest BCUT2D eigenvalue weighted by atomic mass is 9.98. The molecule has 0 aliphatic heterocycles. The summed E-state index contributed by atoms with van der Waals surface area (Å²) < 4.78 is 0. The summed E-state index contributed by atoms with van der Waals surface area (Å²) in [5.41, 5.74) is 3.92. The molecule has 0 amide bonds. The molecular formula is C17H21NS. The molecule has 2 aromatic carbocycles. The van der Waals surface area contributed by atoms with E-state index < -0.39 is 0 Å². The van der Waals surface area contributed by atoms with Crippen LogP contribution < -0.4 is 5.32 Å². The summed E-state index contributed by atoms with van der Waals surface area (Å²) in [5, 5.41) is 3.40. The molecule has 2 heteroatoms. The number of hydrogen-bond donors (Lipinski definition) is 1. The normalized spacial score (nSPS) is 12.4. The molecule has 0 bridgehead atoms. The SMILES string of the molecule is CCSc1ccc(C(NC)c2ccc(C)cc2)cc1. The summed E-state index contributed by atoms with van der Waals surface area (Å²) in [6, 6.07) is 17.9. The minimum atomic E-state index is 0.265. The van der Waals surface area contributed by atoms with Crippen LogP contribution >= 0.6 is 11.8 Å². The van der Waals surface area contributed by atoms with Gasteiger partial charge in [0.05, 0.1) is 6.04 Å². The van der Waals surface area contributed by atoms with Crippen LogP contribution in [-0.2, 0) is 0 Å². The molecule has 1 unspecified atom stereocenters. The fourth-order valence-electron chi connectivity index (χ4n) is 2.21. The van der Waals surface area contributed by atoms with Crippen molar-refractivity contribution < 1.29 is 0 Å². The van der Waals surface area contributed by atoms with E-state index in [0.717, 1.165) is 5.75 Å². The Balaban J connectivity index is 2.23. The summed E-state index contributed by atoms with van der Waals surface area (Å²) in [7, 11) is 2.01. The summed E-state index contributed by atoms with van der Waals surface area (Å²) >= 11 is 1.88. The molecule has 19 heavy (non-hydrogen) atoms. The van der Waals surface area contributed by atoms with Crippen molar-refractivity contribution in [1.82, 2.24) is 5.32 Å². The van der Waals surface area contributed by atoms with Gasteiger partial charge in [0.15, 0.2) is 0 Å². The van der Waals surface area contributed by atoms with E-state index in [4.69, 9.17) is 0 Å². The summed E-state index contributed by atoms with van der Waals surface area (Å²) in [6.45, 7) is 4.30. The molecule has 2 rings (SSSR count). The predicted molar refractivity (Wildman–Crippen MR) is 84.9 cm³/mol. The molecule has 2 aromatic rings. The third kappa shape index (κ3) is 3.62. The highest BCUT2D eigenvalue weighted by Crippen LogP contribution is 2.25. The predicted octanol–water partition coefficient (Wildman–Crippen LogP) is 4.42. The average Bonchev–Trinajstić information content (AvgIpc) is 2.44. The lowest BCUT2D eigenvalue weighted by molar-refractivity contribution is 0.691. The Morgan fingerprint density at radius 1 is 0.947 bits per heavy atom. The third-order valence-corrected chi connectivity index (χ3v) is 4.12. The Morgan fingerprint density at radius 2 is 1.47 bits per heavy atom. The minimum absolute atomic E-state index is 0.265. The molecule has 0 aliphatic rings. The standard InChI is InChI=1S/C17H21NS/c1-4-19-16-11-9-15(10-12-16)17(18-3)14-7-5-13(2)6-8-14/h5-12,17-18H,4H2,1-3H3. The van der Waals surface area contributed by atoms with Crippen LogP contribution in [0.1, 0.15) is 29.7 Å². The average molecular weight is 271 g/mol. The van der Waals surface area contributed by atoms with Crippen molar-refractivity contribution in [2.75, 3.05) is 12.8 Å². The Morgan fingerprint density at radius 3 is 1.95 bits per heavy atom. The second-order valence-electron chi connectivity index (χ2n) is 4.63. The molecule has 0 radical (unpaired) electrons. The number of hydrogen-bond acceptors (Lipinski definition) is 2. The van der Waals surface area contributed by atoms with E-state index in [1.165, 1.54) is 21.6 Å². The van der Waals surface area contributed by atoms with Gasteiger partial charge in [0.1, 0.15) is 0 Å². The minimum Gasteiger partial charge on any atom is -0.309 e. The molecule has 0 saturated heterocycles. The van der Waals surface area contributed by atoms with Crippen molar-refractivity contribution >= 4 is 11.8 Å². The second-order valence-corrected chi connectivity index (χ2v) is 5.97. The Labute approximate surface area is 120 Å². The zero-order valence-electron chi connectivity index (χ0n) is 11.8. The fraction of sp³-hybridized carbons (Fsp3) is 0.294. The molecule has 0 fully saturated rings. The molecule has 1 nitrogen and oxygen atoms in total. The van der Waals surface area contributed by atoms with Crippen LogP contribution in [-0.4, -0.2) is 12.8 Å². The van der Waals surface area contributed by atoms with Gasteiger partial charge in [-0.25, -0.2) is 0 Å². The number of aryl methyl sites for hydroxylation is 1. The van der Waals surface area contributed by atoms with Crippen LogP contribution in [0.15, 0.2) is 53.4 Å². The first-order valence-corrected chi connectivity index (χ1v) is 7.69. The molecule has 0 spiro atoms. The summed E-state index contributed by atoms with van der Waals surface area (Å²) in [6.07, 6.45) is 0. The highest BCUT2D eigenvalue weighted by atomic mass is 32.2. The van der Waals surface area contributed by atoms with E-state index >= 15 is 0 Å². The molecule has 100 valence electrons. The van der Waals surface area contributed by atoms with Gasteiger partial charge in [-0.05, 0) is 43.0 Å². The number of nitrogens with one attached hydrogen (secondary N) is 1. The molecule has 0 aromatic heterocycles. The van der Waals surface area contributed by atoms with Crippen molar-refractivity contribution in [3.05, 3.63) is 65.2 Å². The number of benzene rings is 2. The van der Waals surface area contributed by atoms with E-state index in [-0.39, 0.29) is 6.04 Å². The lowest BCUT2D eigenvalue weighted by Crippen LogP contribution is -2.17. The Kier molecular flexibility index (Phi) is 5.06. The van der Waals surface area contributed by atoms with Crippen LogP contribution in [0.2, 0.25) is 0 Å². The highest BCUT2D eigenvalue weighted by molar-refractivity contribution is 7.99. The molecule has 0 heterocycles. The van der Waals surface area contributed by atoms with Gasteiger partial charge in [-0.1, -0.05) is 48.9 Å².